The van der Waals surface area contributed by atoms with E-state index in [1.807, 2.05) is 6.07 Å². The van der Waals surface area contributed by atoms with Gasteiger partial charge in [0.25, 0.3) is 5.91 Å². The molecule has 1 N–H and O–H groups in total. The molecule has 0 unspecified atom stereocenters. The molecule has 0 saturated carbocycles. The number of hydrogen-bond acceptors (Lipinski definition) is 5. The van der Waals surface area contributed by atoms with Gasteiger partial charge in [0.2, 0.25) is 11.8 Å². The third-order valence-electron chi connectivity index (χ3n) is 3.83. The van der Waals surface area contributed by atoms with Gasteiger partial charge in [0.1, 0.15) is 5.56 Å². The van der Waals surface area contributed by atoms with Gasteiger partial charge in [-0.2, -0.15) is 0 Å². The molecule has 1 fully saturated rings. The van der Waals surface area contributed by atoms with Crippen molar-refractivity contribution in [3.05, 3.63) is 47.9 Å². The molecular formula is C17H18N4O3. The topological polar surface area (TPSA) is 84.4 Å². The SMILES string of the molecule is COc1ncccc1C(=O)NCc1cncc(N2CCCC2=O)c1. The molecule has 7 nitrogen and oxygen atoms in total. The van der Waals surface area contributed by atoms with Crippen LogP contribution < -0.4 is 15.0 Å². The molecular weight excluding hydrogens is 308 g/mol. The number of hydrogen-bond donors (Lipinski definition) is 1. The summed E-state index contributed by atoms with van der Waals surface area (Å²) >= 11 is 0. The van der Waals surface area contributed by atoms with Crippen molar-refractivity contribution in [3.63, 3.8) is 0 Å². The third-order valence-corrected chi connectivity index (χ3v) is 3.83. The second kappa shape index (κ2) is 7.08. The third kappa shape index (κ3) is 3.34. The maximum Gasteiger partial charge on any atom is 0.257 e. The van der Waals surface area contributed by atoms with Crippen LogP contribution in [-0.4, -0.2) is 35.4 Å². The van der Waals surface area contributed by atoms with Gasteiger partial charge in [0, 0.05) is 31.9 Å². The summed E-state index contributed by atoms with van der Waals surface area (Å²) in [6, 6.07) is 5.20. The van der Waals surface area contributed by atoms with Crippen molar-refractivity contribution in [1.82, 2.24) is 15.3 Å². The maximum absolute atomic E-state index is 12.3. The first-order valence-electron chi connectivity index (χ1n) is 7.70. The molecule has 2 amide bonds. The predicted molar refractivity (Wildman–Crippen MR) is 87.8 cm³/mol. The van der Waals surface area contributed by atoms with E-state index in [4.69, 9.17) is 4.74 Å². The van der Waals surface area contributed by atoms with E-state index in [1.165, 1.54) is 7.11 Å². The Bertz CT molecular complexity index is 763. The molecule has 1 saturated heterocycles. The highest BCUT2D eigenvalue weighted by molar-refractivity contribution is 5.96. The van der Waals surface area contributed by atoms with Crippen LogP contribution in [0, 0.1) is 0 Å². The number of amides is 2. The molecule has 0 bridgehead atoms. The first-order chi connectivity index (χ1) is 11.7. The number of nitrogens with one attached hydrogen (secondary N) is 1. The zero-order valence-electron chi connectivity index (χ0n) is 13.4. The van der Waals surface area contributed by atoms with Crippen LogP contribution in [0.25, 0.3) is 0 Å². The summed E-state index contributed by atoms with van der Waals surface area (Å²) in [6.07, 6.45) is 6.34. The first kappa shape index (κ1) is 15.9. The molecule has 24 heavy (non-hydrogen) atoms. The van der Waals surface area contributed by atoms with Crippen LogP contribution in [0.5, 0.6) is 5.88 Å². The molecule has 1 aliphatic heterocycles. The van der Waals surface area contributed by atoms with Crippen LogP contribution in [0.3, 0.4) is 0 Å². The monoisotopic (exact) mass is 326 g/mol. The average molecular weight is 326 g/mol. The van der Waals surface area contributed by atoms with Crippen LogP contribution in [-0.2, 0) is 11.3 Å². The highest BCUT2D eigenvalue weighted by atomic mass is 16.5. The fourth-order valence-electron chi connectivity index (χ4n) is 2.64. The summed E-state index contributed by atoms with van der Waals surface area (Å²) in [7, 11) is 1.47. The van der Waals surface area contributed by atoms with Gasteiger partial charge in [-0.3, -0.25) is 14.6 Å². The Kier molecular flexibility index (Phi) is 4.69. The molecule has 1 aliphatic rings. The van der Waals surface area contributed by atoms with Crippen molar-refractivity contribution < 1.29 is 14.3 Å². The molecule has 0 spiro atoms. The van der Waals surface area contributed by atoms with E-state index < -0.39 is 0 Å². The van der Waals surface area contributed by atoms with Gasteiger partial charge in [-0.05, 0) is 30.2 Å². The van der Waals surface area contributed by atoms with E-state index in [9.17, 15) is 9.59 Å². The number of nitrogens with zero attached hydrogens (tertiary/aromatic N) is 3. The summed E-state index contributed by atoms with van der Waals surface area (Å²) < 4.78 is 5.09. The van der Waals surface area contributed by atoms with Crippen LogP contribution in [0.4, 0.5) is 5.69 Å². The Hall–Kier alpha value is -2.96. The predicted octanol–water partition coefficient (Wildman–Crippen LogP) is 1.54. The molecule has 0 aromatic carbocycles. The Morgan fingerprint density at radius 3 is 3.04 bits per heavy atom. The number of rotatable bonds is 5. The second-order valence-electron chi connectivity index (χ2n) is 5.44. The van der Waals surface area contributed by atoms with Crippen molar-refractivity contribution >= 4 is 17.5 Å². The average Bonchev–Trinajstić information content (AvgIpc) is 3.06. The fourth-order valence-corrected chi connectivity index (χ4v) is 2.64. The Morgan fingerprint density at radius 1 is 1.42 bits per heavy atom. The summed E-state index contributed by atoms with van der Waals surface area (Å²) in [5.41, 5.74) is 1.96. The molecule has 7 heteroatoms. The minimum absolute atomic E-state index is 0.109. The van der Waals surface area contributed by atoms with E-state index in [1.54, 1.807) is 35.6 Å². The zero-order valence-corrected chi connectivity index (χ0v) is 13.4. The molecule has 3 heterocycles. The zero-order chi connectivity index (χ0) is 16.9. The molecule has 2 aromatic rings. The minimum atomic E-state index is -0.275. The van der Waals surface area contributed by atoms with Crippen LogP contribution >= 0.6 is 0 Å². The van der Waals surface area contributed by atoms with Crippen molar-refractivity contribution in [1.29, 1.82) is 0 Å². The summed E-state index contributed by atoms with van der Waals surface area (Å²) in [5.74, 6) is 0.116. The second-order valence-corrected chi connectivity index (χ2v) is 5.44. The lowest BCUT2D eigenvalue weighted by Crippen LogP contribution is -2.25. The fraction of sp³-hybridized carbons (Fsp3) is 0.294. The van der Waals surface area contributed by atoms with Gasteiger partial charge in [-0.25, -0.2) is 4.98 Å². The van der Waals surface area contributed by atoms with Gasteiger partial charge < -0.3 is 15.0 Å². The number of pyridine rings is 2. The lowest BCUT2D eigenvalue weighted by molar-refractivity contribution is -0.117. The highest BCUT2D eigenvalue weighted by Gasteiger charge is 2.22. The quantitative estimate of drug-likeness (QED) is 0.901. The molecule has 0 aliphatic carbocycles. The lowest BCUT2D eigenvalue weighted by atomic mass is 10.2. The lowest BCUT2D eigenvalue weighted by Gasteiger charge is -2.16. The van der Waals surface area contributed by atoms with E-state index >= 15 is 0 Å². The van der Waals surface area contributed by atoms with Crippen molar-refractivity contribution in [2.45, 2.75) is 19.4 Å². The van der Waals surface area contributed by atoms with Gasteiger partial charge in [0.15, 0.2) is 0 Å². The van der Waals surface area contributed by atoms with E-state index in [2.05, 4.69) is 15.3 Å². The molecule has 2 aromatic heterocycles. The van der Waals surface area contributed by atoms with Gasteiger partial charge in [-0.15, -0.1) is 0 Å². The van der Waals surface area contributed by atoms with Gasteiger partial charge >= 0.3 is 0 Å². The molecule has 0 radical (unpaired) electrons. The van der Waals surface area contributed by atoms with Gasteiger partial charge in [-0.1, -0.05) is 0 Å². The number of anilines is 1. The maximum atomic E-state index is 12.3. The number of aromatic nitrogens is 2. The normalized spacial score (nSPS) is 13.9. The largest absolute Gasteiger partial charge is 0.480 e. The number of carbonyl (C=O) groups is 2. The van der Waals surface area contributed by atoms with Crippen molar-refractivity contribution in [3.8, 4) is 5.88 Å². The minimum Gasteiger partial charge on any atom is -0.480 e. The standard InChI is InChI=1S/C17H18N4O3/c1-24-17-14(4-2-6-19-17)16(23)20-10-12-8-13(11-18-9-12)21-7-3-5-15(21)22/h2,4,6,8-9,11H,3,5,7,10H2,1H3,(H,20,23). The van der Waals surface area contributed by atoms with E-state index in [0.29, 0.717) is 25.1 Å². The van der Waals surface area contributed by atoms with E-state index in [-0.39, 0.29) is 17.7 Å². The summed E-state index contributed by atoms with van der Waals surface area (Å²) in [5, 5.41) is 2.82. The smallest absolute Gasteiger partial charge is 0.257 e. The van der Waals surface area contributed by atoms with Crippen molar-refractivity contribution in [2.75, 3.05) is 18.6 Å². The number of carbonyl (C=O) groups excluding carboxylic acids is 2. The van der Waals surface area contributed by atoms with Crippen molar-refractivity contribution in [2.24, 2.45) is 0 Å². The number of methoxy groups -OCH3 is 1. The molecule has 124 valence electrons. The van der Waals surface area contributed by atoms with Crippen LogP contribution in [0.1, 0.15) is 28.8 Å². The summed E-state index contributed by atoms with van der Waals surface area (Å²) in [4.78, 5) is 34.0. The van der Waals surface area contributed by atoms with Crippen LogP contribution in [0.2, 0.25) is 0 Å². The summed E-state index contributed by atoms with van der Waals surface area (Å²) in [6.45, 7) is 1.02. The Morgan fingerprint density at radius 2 is 2.29 bits per heavy atom. The van der Waals surface area contributed by atoms with Gasteiger partial charge in [0.05, 0.1) is 19.0 Å². The Balaban J connectivity index is 1.68. The first-order valence-corrected chi connectivity index (χ1v) is 7.70. The van der Waals surface area contributed by atoms with E-state index in [0.717, 1.165) is 17.7 Å². The molecule has 3 rings (SSSR count). The molecule has 0 atom stereocenters. The Labute approximate surface area is 139 Å². The number of ether oxygens (including phenoxy) is 1. The highest BCUT2D eigenvalue weighted by Crippen LogP contribution is 2.21. The van der Waals surface area contributed by atoms with Crippen LogP contribution in [0.15, 0.2) is 36.8 Å².